The maximum Gasteiger partial charge on any atom is 0.253 e. The summed E-state index contributed by atoms with van der Waals surface area (Å²) in [6, 6.07) is 1.68. The lowest BCUT2D eigenvalue weighted by molar-refractivity contribution is 0.129. The van der Waals surface area contributed by atoms with Gasteiger partial charge in [-0.15, -0.1) is 0 Å². The van der Waals surface area contributed by atoms with Gasteiger partial charge < -0.3 is 0 Å². The topological polar surface area (TPSA) is 67.4 Å². The highest BCUT2D eigenvalue weighted by Crippen LogP contribution is 2.01. The first kappa shape index (κ1) is 8.52. The molecule has 0 unspecified atom stereocenters. The van der Waals surface area contributed by atoms with E-state index in [0.717, 1.165) is 4.68 Å². The molecule has 0 aliphatic carbocycles. The Kier molecular flexibility index (Phi) is 2.63. The average molecular weight is 173 g/mol. The number of aryl methyl sites for hydroxylation is 1. The van der Waals surface area contributed by atoms with Crippen molar-refractivity contribution in [3.05, 3.63) is 5.82 Å². The number of alkyl halides is 2. The van der Waals surface area contributed by atoms with E-state index in [-0.39, 0.29) is 18.8 Å². The first-order valence-electron chi connectivity index (χ1n) is 3.18. The van der Waals surface area contributed by atoms with Gasteiger partial charge in [0.15, 0.2) is 0 Å². The standard InChI is InChI=1S/C5H5F2N5/c6-4(7)1-2-12-5(3-8)9-10-11-12/h4H,1-2H2. The second-order valence-electron chi connectivity index (χ2n) is 2.02. The zero-order chi connectivity index (χ0) is 8.97. The molecule has 1 rings (SSSR count). The van der Waals surface area contributed by atoms with Crippen molar-refractivity contribution in [2.75, 3.05) is 0 Å². The zero-order valence-corrected chi connectivity index (χ0v) is 5.98. The Bertz CT molecular complexity index is 288. The number of tetrazole rings is 1. The molecule has 0 atom stereocenters. The highest BCUT2D eigenvalue weighted by Gasteiger charge is 2.07. The number of nitrogens with zero attached hydrogens (tertiary/aromatic N) is 5. The third-order valence-corrected chi connectivity index (χ3v) is 1.19. The maximum absolute atomic E-state index is 11.7. The van der Waals surface area contributed by atoms with Gasteiger partial charge in [-0.05, 0) is 10.4 Å². The monoisotopic (exact) mass is 173 g/mol. The molecule has 7 heteroatoms. The smallest absolute Gasteiger partial charge is 0.217 e. The molecular weight excluding hydrogens is 168 g/mol. The lowest BCUT2D eigenvalue weighted by Crippen LogP contribution is -2.06. The van der Waals surface area contributed by atoms with Crippen LogP contribution in [0.5, 0.6) is 0 Å². The Morgan fingerprint density at radius 3 is 2.92 bits per heavy atom. The van der Waals surface area contributed by atoms with E-state index >= 15 is 0 Å². The van der Waals surface area contributed by atoms with Gasteiger partial charge in [0.2, 0.25) is 6.43 Å². The Labute approximate surface area is 66.6 Å². The van der Waals surface area contributed by atoms with E-state index in [1.165, 1.54) is 0 Å². The highest BCUT2D eigenvalue weighted by molar-refractivity contribution is 5.05. The van der Waals surface area contributed by atoms with Crippen LogP contribution in [0, 0.1) is 11.3 Å². The summed E-state index contributed by atoms with van der Waals surface area (Å²) in [6.45, 7) is -0.0342. The van der Waals surface area contributed by atoms with Crippen LogP contribution in [0.3, 0.4) is 0 Å². The second-order valence-corrected chi connectivity index (χ2v) is 2.02. The van der Waals surface area contributed by atoms with Crippen molar-refractivity contribution in [1.82, 2.24) is 20.2 Å². The van der Waals surface area contributed by atoms with Crippen LogP contribution in [0.4, 0.5) is 8.78 Å². The maximum atomic E-state index is 11.7. The minimum absolute atomic E-state index is 0.0342. The van der Waals surface area contributed by atoms with Crippen LogP contribution in [0.2, 0.25) is 0 Å². The van der Waals surface area contributed by atoms with Gasteiger partial charge in [0.05, 0.1) is 6.54 Å². The van der Waals surface area contributed by atoms with Crippen molar-refractivity contribution < 1.29 is 8.78 Å². The second kappa shape index (κ2) is 3.71. The van der Waals surface area contributed by atoms with E-state index in [2.05, 4.69) is 15.5 Å². The van der Waals surface area contributed by atoms with Crippen LogP contribution < -0.4 is 0 Å². The number of rotatable bonds is 3. The van der Waals surface area contributed by atoms with Crippen molar-refractivity contribution in [2.24, 2.45) is 0 Å². The van der Waals surface area contributed by atoms with Gasteiger partial charge in [0, 0.05) is 6.42 Å². The van der Waals surface area contributed by atoms with Crippen molar-refractivity contribution in [1.29, 1.82) is 5.26 Å². The summed E-state index contributed by atoms with van der Waals surface area (Å²) >= 11 is 0. The molecule has 1 aromatic rings. The number of hydrogen-bond acceptors (Lipinski definition) is 4. The van der Waals surface area contributed by atoms with Gasteiger partial charge in [-0.25, -0.2) is 13.5 Å². The molecule has 0 aromatic carbocycles. The normalized spacial score (nSPS) is 10.2. The molecule has 0 spiro atoms. The first-order valence-corrected chi connectivity index (χ1v) is 3.18. The highest BCUT2D eigenvalue weighted by atomic mass is 19.3. The van der Waals surface area contributed by atoms with E-state index in [1.807, 2.05) is 0 Å². The van der Waals surface area contributed by atoms with Crippen LogP contribution in [0.1, 0.15) is 12.2 Å². The number of hydrogen-bond donors (Lipinski definition) is 0. The quantitative estimate of drug-likeness (QED) is 0.654. The summed E-state index contributed by atoms with van der Waals surface area (Å²) in [4.78, 5) is 0. The SMILES string of the molecule is N#Cc1nnnn1CCC(F)F. The summed E-state index contributed by atoms with van der Waals surface area (Å²) in [6.07, 6.45) is -2.75. The van der Waals surface area contributed by atoms with Gasteiger partial charge >= 0.3 is 0 Å². The molecule has 12 heavy (non-hydrogen) atoms. The van der Waals surface area contributed by atoms with Crippen molar-refractivity contribution in [3.63, 3.8) is 0 Å². The third-order valence-electron chi connectivity index (χ3n) is 1.19. The van der Waals surface area contributed by atoms with E-state index in [4.69, 9.17) is 5.26 Å². The van der Waals surface area contributed by atoms with Gasteiger partial charge in [-0.2, -0.15) is 5.26 Å². The molecule has 0 saturated heterocycles. The van der Waals surface area contributed by atoms with Crippen LogP contribution in [-0.2, 0) is 6.54 Å². The predicted molar refractivity (Wildman–Crippen MR) is 33.2 cm³/mol. The summed E-state index contributed by atoms with van der Waals surface area (Å²) in [7, 11) is 0. The lowest BCUT2D eigenvalue weighted by atomic mass is 10.4. The summed E-state index contributed by atoms with van der Waals surface area (Å²) in [5.74, 6) is -0.0457. The van der Waals surface area contributed by atoms with Crippen LogP contribution >= 0.6 is 0 Å². The Morgan fingerprint density at radius 2 is 2.33 bits per heavy atom. The van der Waals surface area contributed by atoms with Crippen molar-refractivity contribution in [3.8, 4) is 6.07 Å². The van der Waals surface area contributed by atoms with E-state index in [9.17, 15) is 8.78 Å². The zero-order valence-electron chi connectivity index (χ0n) is 5.98. The van der Waals surface area contributed by atoms with Crippen molar-refractivity contribution in [2.45, 2.75) is 19.4 Å². The van der Waals surface area contributed by atoms with Crippen LogP contribution in [0.25, 0.3) is 0 Å². The van der Waals surface area contributed by atoms with Crippen LogP contribution in [-0.4, -0.2) is 26.6 Å². The fourth-order valence-electron chi connectivity index (χ4n) is 0.655. The molecule has 0 radical (unpaired) electrons. The minimum atomic E-state index is -2.40. The average Bonchev–Trinajstić information content (AvgIpc) is 2.47. The Hall–Kier alpha value is -1.58. The molecule has 64 valence electrons. The molecule has 5 nitrogen and oxygen atoms in total. The molecule has 0 N–H and O–H groups in total. The summed E-state index contributed by atoms with van der Waals surface area (Å²) in [5, 5.41) is 18.2. The van der Waals surface area contributed by atoms with E-state index in [0.29, 0.717) is 0 Å². The molecular formula is C5H5F2N5. The minimum Gasteiger partial charge on any atom is -0.217 e. The fraction of sp³-hybridized carbons (Fsp3) is 0.600. The molecule has 1 aromatic heterocycles. The van der Waals surface area contributed by atoms with Crippen molar-refractivity contribution >= 4 is 0 Å². The van der Waals surface area contributed by atoms with E-state index < -0.39 is 6.43 Å². The first-order chi connectivity index (χ1) is 5.74. The van der Waals surface area contributed by atoms with Gasteiger partial charge in [-0.1, -0.05) is 5.10 Å². The number of aromatic nitrogens is 4. The fourth-order valence-corrected chi connectivity index (χ4v) is 0.655. The molecule has 0 fully saturated rings. The summed E-state index contributed by atoms with van der Waals surface area (Å²) in [5.41, 5.74) is 0. The number of halogens is 2. The van der Waals surface area contributed by atoms with Gasteiger partial charge in [0.1, 0.15) is 6.07 Å². The number of nitriles is 1. The molecule has 1 heterocycles. The molecule has 0 bridgehead atoms. The molecule has 0 amide bonds. The largest absolute Gasteiger partial charge is 0.253 e. The third kappa shape index (κ3) is 1.95. The van der Waals surface area contributed by atoms with Gasteiger partial charge in [0.25, 0.3) is 5.82 Å². The Balaban J connectivity index is 2.58. The Morgan fingerprint density at radius 1 is 1.58 bits per heavy atom. The summed E-state index contributed by atoms with van der Waals surface area (Å²) < 4.78 is 24.4. The van der Waals surface area contributed by atoms with Gasteiger partial charge in [-0.3, -0.25) is 0 Å². The van der Waals surface area contributed by atoms with Crippen LogP contribution in [0.15, 0.2) is 0 Å². The molecule has 0 aliphatic heterocycles. The lowest BCUT2D eigenvalue weighted by Gasteiger charge is -1.97. The molecule has 0 saturated carbocycles. The molecule has 0 aliphatic rings. The van der Waals surface area contributed by atoms with E-state index in [1.54, 1.807) is 6.07 Å². The predicted octanol–water partition coefficient (Wildman–Crippen LogP) is 0.200.